The predicted molar refractivity (Wildman–Crippen MR) is 95.3 cm³/mol. The topological polar surface area (TPSA) is 34.5 Å². The number of aromatic nitrogens is 1. The molecule has 126 valence electrons. The SMILES string of the molecule is C/C=C1\CN(C)C[C@H]2Cc3c(n(OC)c4ccccc34)C(=O)C[C@@H]12. The maximum Gasteiger partial charge on any atom is 0.183 e. The molecule has 1 fully saturated rings. The number of Topliss-reactive ketones (excluding diaryl/α,β-unsaturated/α-hetero) is 1. The third-order valence-corrected chi connectivity index (χ3v) is 5.67. The Bertz CT molecular complexity index is 834. The van der Waals surface area contributed by atoms with E-state index in [-0.39, 0.29) is 5.78 Å². The van der Waals surface area contributed by atoms with E-state index in [0.29, 0.717) is 18.3 Å². The van der Waals surface area contributed by atoms with Crippen LogP contribution in [0.15, 0.2) is 35.9 Å². The number of likely N-dealkylation sites (tertiary alicyclic amines) is 1. The lowest BCUT2D eigenvalue weighted by Crippen LogP contribution is -2.40. The van der Waals surface area contributed by atoms with Gasteiger partial charge in [-0.15, -0.1) is 0 Å². The number of rotatable bonds is 1. The second-order valence-corrected chi connectivity index (χ2v) is 7.08. The Morgan fingerprint density at radius 3 is 2.79 bits per heavy atom. The maximum absolute atomic E-state index is 13.1. The predicted octanol–water partition coefficient (Wildman–Crippen LogP) is 2.95. The smallest absolute Gasteiger partial charge is 0.183 e. The van der Waals surface area contributed by atoms with Crippen LogP contribution in [0.5, 0.6) is 0 Å². The lowest BCUT2D eigenvalue weighted by atomic mass is 9.78. The van der Waals surface area contributed by atoms with Crippen molar-refractivity contribution < 1.29 is 9.63 Å². The molecule has 0 amide bonds. The molecule has 2 atom stereocenters. The van der Waals surface area contributed by atoms with Gasteiger partial charge in [0, 0.05) is 24.9 Å². The molecule has 0 bridgehead atoms. The summed E-state index contributed by atoms with van der Waals surface area (Å²) < 4.78 is 1.74. The highest BCUT2D eigenvalue weighted by Gasteiger charge is 2.39. The molecule has 4 heteroatoms. The first kappa shape index (κ1) is 15.5. The second-order valence-electron chi connectivity index (χ2n) is 7.08. The zero-order valence-electron chi connectivity index (χ0n) is 14.6. The van der Waals surface area contributed by atoms with Crippen LogP contribution in [-0.4, -0.2) is 42.7 Å². The molecule has 0 spiro atoms. The monoisotopic (exact) mass is 324 g/mol. The first-order chi connectivity index (χ1) is 11.6. The summed E-state index contributed by atoms with van der Waals surface area (Å²) in [5, 5.41) is 1.15. The van der Waals surface area contributed by atoms with Crippen molar-refractivity contribution in [2.24, 2.45) is 11.8 Å². The Balaban J connectivity index is 1.89. The van der Waals surface area contributed by atoms with Crippen LogP contribution in [0, 0.1) is 11.8 Å². The molecular formula is C20H24N2O2. The Hall–Kier alpha value is -2.07. The van der Waals surface area contributed by atoms with Crippen LogP contribution in [0.3, 0.4) is 0 Å². The molecule has 1 aromatic carbocycles. The van der Waals surface area contributed by atoms with Crippen molar-refractivity contribution in [2.75, 3.05) is 27.2 Å². The van der Waals surface area contributed by atoms with Crippen molar-refractivity contribution in [3.8, 4) is 0 Å². The van der Waals surface area contributed by atoms with Gasteiger partial charge < -0.3 is 9.74 Å². The van der Waals surface area contributed by atoms with Crippen molar-refractivity contribution in [2.45, 2.75) is 19.8 Å². The summed E-state index contributed by atoms with van der Waals surface area (Å²) in [6.45, 7) is 4.11. The van der Waals surface area contributed by atoms with E-state index < -0.39 is 0 Å². The minimum atomic E-state index is 0.208. The fourth-order valence-corrected chi connectivity index (χ4v) is 4.65. The number of hydrogen-bond donors (Lipinski definition) is 0. The summed E-state index contributed by atoms with van der Waals surface area (Å²) in [6.07, 6.45) is 3.73. The number of benzene rings is 1. The van der Waals surface area contributed by atoms with Crippen LogP contribution in [-0.2, 0) is 6.42 Å². The first-order valence-corrected chi connectivity index (χ1v) is 8.67. The molecule has 1 aliphatic heterocycles. The molecule has 2 aliphatic rings. The summed E-state index contributed by atoms with van der Waals surface area (Å²) in [6, 6.07) is 8.18. The molecule has 1 aromatic heterocycles. The third kappa shape index (κ3) is 2.20. The fourth-order valence-electron chi connectivity index (χ4n) is 4.65. The molecule has 4 nitrogen and oxygen atoms in total. The molecule has 0 radical (unpaired) electrons. The van der Waals surface area contributed by atoms with E-state index in [0.717, 1.165) is 41.7 Å². The van der Waals surface area contributed by atoms with Gasteiger partial charge in [0.15, 0.2) is 5.78 Å². The van der Waals surface area contributed by atoms with E-state index in [1.165, 1.54) is 5.57 Å². The quantitative estimate of drug-likeness (QED) is 0.757. The van der Waals surface area contributed by atoms with E-state index >= 15 is 0 Å². The number of carbonyl (C=O) groups excluding carboxylic acids is 1. The second kappa shape index (κ2) is 5.78. The van der Waals surface area contributed by atoms with E-state index in [9.17, 15) is 4.79 Å². The molecule has 2 heterocycles. The summed E-state index contributed by atoms with van der Waals surface area (Å²) in [5.74, 6) is 1.05. The van der Waals surface area contributed by atoms with Gasteiger partial charge in [-0.3, -0.25) is 4.79 Å². The Kier molecular flexibility index (Phi) is 3.72. The average Bonchev–Trinajstić information content (AvgIpc) is 2.82. The minimum absolute atomic E-state index is 0.208. The molecule has 4 rings (SSSR count). The van der Waals surface area contributed by atoms with Gasteiger partial charge >= 0.3 is 0 Å². The lowest BCUT2D eigenvalue weighted by Gasteiger charge is -2.38. The summed E-state index contributed by atoms with van der Waals surface area (Å²) in [7, 11) is 3.81. The third-order valence-electron chi connectivity index (χ3n) is 5.67. The van der Waals surface area contributed by atoms with Crippen LogP contribution in [0.2, 0.25) is 0 Å². The summed E-state index contributed by atoms with van der Waals surface area (Å²) in [4.78, 5) is 21.1. The molecule has 0 N–H and O–H groups in total. The lowest BCUT2D eigenvalue weighted by molar-refractivity contribution is 0.0895. The van der Waals surface area contributed by atoms with Gasteiger partial charge in [0.05, 0.1) is 5.52 Å². The average molecular weight is 324 g/mol. The summed E-state index contributed by atoms with van der Waals surface area (Å²) in [5.41, 5.74) is 4.31. The van der Waals surface area contributed by atoms with Gasteiger partial charge in [-0.05, 0) is 43.9 Å². The highest BCUT2D eigenvalue weighted by atomic mass is 16.6. The van der Waals surface area contributed by atoms with E-state index in [2.05, 4.69) is 31.0 Å². The Morgan fingerprint density at radius 2 is 2.04 bits per heavy atom. The van der Waals surface area contributed by atoms with E-state index in [4.69, 9.17) is 4.84 Å². The largest absolute Gasteiger partial charge is 0.416 e. The molecule has 24 heavy (non-hydrogen) atoms. The van der Waals surface area contributed by atoms with Crippen molar-refractivity contribution in [1.82, 2.24) is 9.63 Å². The van der Waals surface area contributed by atoms with Crippen molar-refractivity contribution in [1.29, 1.82) is 0 Å². The number of carbonyl (C=O) groups is 1. The van der Waals surface area contributed by atoms with Gasteiger partial charge in [0.25, 0.3) is 0 Å². The molecule has 2 aromatic rings. The Morgan fingerprint density at radius 1 is 1.25 bits per heavy atom. The molecule has 1 aliphatic carbocycles. The van der Waals surface area contributed by atoms with Crippen molar-refractivity contribution in [3.05, 3.63) is 47.2 Å². The number of para-hydroxylation sites is 1. The highest BCUT2D eigenvalue weighted by Crippen LogP contribution is 2.40. The van der Waals surface area contributed by atoms with Gasteiger partial charge in [-0.1, -0.05) is 29.8 Å². The number of allylic oxidation sites excluding steroid dienone is 1. The van der Waals surface area contributed by atoms with Crippen LogP contribution >= 0.6 is 0 Å². The standard InChI is InChI=1S/C20H24N2O2/c1-4-13-11-21(2)12-14-9-17-15-7-5-6-8-18(15)22(24-3)20(17)19(23)10-16(13)14/h4-8,14,16H,9-12H2,1-3H3/b13-4+/t14-,16+/m1/s1. The normalized spacial score (nSPS) is 26.3. The first-order valence-electron chi connectivity index (χ1n) is 8.67. The zero-order valence-corrected chi connectivity index (χ0v) is 14.6. The van der Waals surface area contributed by atoms with Crippen molar-refractivity contribution >= 4 is 16.7 Å². The number of likely N-dealkylation sites (N-methyl/N-ethyl adjacent to an activating group) is 1. The van der Waals surface area contributed by atoms with Gasteiger partial charge in [-0.2, -0.15) is 4.73 Å². The number of fused-ring (bicyclic) bond motifs is 4. The number of ketones is 1. The molecule has 0 saturated carbocycles. The number of hydrogen-bond acceptors (Lipinski definition) is 3. The molecular weight excluding hydrogens is 300 g/mol. The van der Waals surface area contributed by atoms with Crippen molar-refractivity contribution in [3.63, 3.8) is 0 Å². The fraction of sp³-hybridized carbons (Fsp3) is 0.450. The van der Waals surface area contributed by atoms with Crippen LogP contribution in [0.1, 0.15) is 29.4 Å². The maximum atomic E-state index is 13.1. The van der Waals surface area contributed by atoms with E-state index in [1.807, 2.05) is 18.2 Å². The highest BCUT2D eigenvalue weighted by molar-refractivity contribution is 6.03. The number of nitrogens with zero attached hydrogens (tertiary/aromatic N) is 2. The van der Waals surface area contributed by atoms with E-state index in [1.54, 1.807) is 11.8 Å². The minimum Gasteiger partial charge on any atom is -0.416 e. The zero-order chi connectivity index (χ0) is 16.8. The van der Waals surface area contributed by atoms with Crippen LogP contribution < -0.4 is 4.84 Å². The van der Waals surface area contributed by atoms with Gasteiger partial charge in [0.1, 0.15) is 12.8 Å². The van der Waals surface area contributed by atoms with Crippen LogP contribution in [0.25, 0.3) is 10.9 Å². The van der Waals surface area contributed by atoms with Gasteiger partial charge in [-0.25, -0.2) is 0 Å². The molecule has 0 unspecified atom stereocenters. The number of piperidine rings is 1. The molecule has 1 saturated heterocycles. The Labute approximate surface area is 142 Å². The summed E-state index contributed by atoms with van der Waals surface area (Å²) >= 11 is 0. The van der Waals surface area contributed by atoms with Crippen LogP contribution in [0.4, 0.5) is 0 Å². The van der Waals surface area contributed by atoms with Gasteiger partial charge in [0.2, 0.25) is 0 Å².